The molecule has 1 heterocycles. The Bertz CT molecular complexity index is 510. The van der Waals surface area contributed by atoms with Crippen molar-refractivity contribution in [2.24, 2.45) is 5.92 Å². The molecule has 0 bridgehead atoms. The Kier molecular flexibility index (Phi) is 4.99. The molecular weight excluding hydrogens is 264 g/mol. The molecule has 114 valence electrons. The van der Waals surface area contributed by atoms with Crippen LogP contribution < -0.4 is 5.32 Å². The maximum absolute atomic E-state index is 12.4. The van der Waals surface area contributed by atoms with Crippen LogP contribution in [0.15, 0.2) is 24.3 Å². The van der Waals surface area contributed by atoms with Gasteiger partial charge in [0.2, 0.25) is 11.8 Å². The largest absolute Gasteiger partial charge is 0.356 e. The summed E-state index contributed by atoms with van der Waals surface area (Å²) in [5.41, 5.74) is 2.21. The molecule has 1 aliphatic rings. The third-order valence-electron chi connectivity index (χ3n) is 4.17. The molecular formula is C17H24N2O2. The SMILES string of the molecule is CCCNC(=O)[C@H]1CCC(=O)N(C)[C@@H]1c1ccc(C)cc1. The molecule has 0 aromatic heterocycles. The molecule has 0 aliphatic carbocycles. The van der Waals surface area contributed by atoms with E-state index in [0.717, 1.165) is 12.0 Å². The minimum atomic E-state index is -0.165. The van der Waals surface area contributed by atoms with Crippen molar-refractivity contribution in [3.63, 3.8) is 0 Å². The molecule has 1 aromatic carbocycles. The van der Waals surface area contributed by atoms with Crippen molar-refractivity contribution < 1.29 is 9.59 Å². The zero-order chi connectivity index (χ0) is 15.4. The van der Waals surface area contributed by atoms with Gasteiger partial charge in [0, 0.05) is 20.0 Å². The molecule has 1 aliphatic heterocycles. The summed E-state index contributed by atoms with van der Waals surface area (Å²) in [6, 6.07) is 7.94. The van der Waals surface area contributed by atoms with Crippen LogP contribution in [0.25, 0.3) is 0 Å². The Morgan fingerprint density at radius 2 is 2.00 bits per heavy atom. The minimum absolute atomic E-state index is 0.0572. The summed E-state index contributed by atoms with van der Waals surface area (Å²) >= 11 is 0. The van der Waals surface area contributed by atoms with Crippen LogP contribution in [0, 0.1) is 12.8 Å². The third-order valence-corrected chi connectivity index (χ3v) is 4.17. The smallest absolute Gasteiger partial charge is 0.225 e. The summed E-state index contributed by atoms with van der Waals surface area (Å²) < 4.78 is 0. The molecule has 0 saturated carbocycles. The Hall–Kier alpha value is -1.84. The van der Waals surface area contributed by atoms with Crippen molar-refractivity contribution in [2.45, 2.75) is 39.2 Å². The van der Waals surface area contributed by atoms with E-state index in [1.165, 1.54) is 5.56 Å². The first-order chi connectivity index (χ1) is 10.0. The maximum atomic E-state index is 12.4. The van der Waals surface area contributed by atoms with Crippen LogP contribution in [-0.2, 0) is 9.59 Å². The summed E-state index contributed by atoms with van der Waals surface area (Å²) in [7, 11) is 1.80. The lowest BCUT2D eigenvalue weighted by atomic mass is 9.83. The van der Waals surface area contributed by atoms with Crippen LogP contribution in [0.5, 0.6) is 0 Å². The van der Waals surface area contributed by atoms with Crippen molar-refractivity contribution in [1.82, 2.24) is 10.2 Å². The molecule has 1 N–H and O–H groups in total. The van der Waals surface area contributed by atoms with Gasteiger partial charge < -0.3 is 10.2 Å². The van der Waals surface area contributed by atoms with Crippen LogP contribution in [0.2, 0.25) is 0 Å². The fourth-order valence-electron chi connectivity index (χ4n) is 2.91. The zero-order valence-corrected chi connectivity index (χ0v) is 13.1. The van der Waals surface area contributed by atoms with Crippen LogP contribution in [0.4, 0.5) is 0 Å². The normalized spacial score (nSPS) is 22.2. The second kappa shape index (κ2) is 6.74. The molecule has 1 fully saturated rings. The molecule has 2 atom stereocenters. The number of hydrogen-bond acceptors (Lipinski definition) is 2. The molecule has 1 aromatic rings. The monoisotopic (exact) mass is 288 g/mol. The number of rotatable bonds is 4. The number of nitrogens with one attached hydrogen (secondary N) is 1. The van der Waals surface area contributed by atoms with E-state index in [0.29, 0.717) is 19.4 Å². The van der Waals surface area contributed by atoms with Gasteiger partial charge in [-0.25, -0.2) is 0 Å². The van der Waals surface area contributed by atoms with E-state index in [1.807, 2.05) is 38.1 Å². The fraction of sp³-hybridized carbons (Fsp3) is 0.529. The zero-order valence-electron chi connectivity index (χ0n) is 13.1. The summed E-state index contributed by atoms with van der Waals surface area (Å²) in [6.07, 6.45) is 1.99. The minimum Gasteiger partial charge on any atom is -0.356 e. The number of aryl methyl sites for hydroxylation is 1. The molecule has 0 spiro atoms. The van der Waals surface area contributed by atoms with Crippen molar-refractivity contribution in [1.29, 1.82) is 0 Å². The molecule has 2 rings (SSSR count). The van der Waals surface area contributed by atoms with Crippen molar-refractivity contribution >= 4 is 11.8 Å². The molecule has 0 unspecified atom stereocenters. The summed E-state index contributed by atoms with van der Waals surface area (Å²) in [6.45, 7) is 4.76. The molecule has 0 radical (unpaired) electrons. The van der Waals surface area contributed by atoms with E-state index in [-0.39, 0.29) is 23.8 Å². The Labute approximate surface area is 126 Å². The van der Waals surface area contributed by atoms with Gasteiger partial charge in [0.05, 0.1) is 12.0 Å². The van der Waals surface area contributed by atoms with Crippen LogP contribution in [-0.4, -0.2) is 30.3 Å². The Balaban J connectivity index is 2.26. The molecule has 4 nitrogen and oxygen atoms in total. The first kappa shape index (κ1) is 15.5. The Morgan fingerprint density at radius 3 is 2.62 bits per heavy atom. The second-order valence-corrected chi connectivity index (χ2v) is 5.80. The topological polar surface area (TPSA) is 49.4 Å². The fourth-order valence-corrected chi connectivity index (χ4v) is 2.91. The molecule has 21 heavy (non-hydrogen) atoms. The van der Waals surface area contributed by atoms with Gasteiger partial charge in [-0.15, -0.1) is 0 Å². The number of hydrogen-bond donors (Lipinski definition) is 1. The van der Waals surface area contributed by atoms with Gasteiger partial charge >= 0.3 is 0 Å². The van der Waals surface area contributed by atoms with Crippen molar-refractivity contribution in [3.8, 4) is 0 Å². The predicted molar refractivity (Wildman–Crippen MR) is 82.7 cm³/mol. The number of nitrogens with zero attached hydrogens (tertiary/aromatic N) is 1. The van der Waals surface area contributed by atoms with Gasteiger partial charge in [0.15, 0.2) is 0 Å². The molecule has 2 amide bonds. The number of piperidine rings is 1. The van der Waals surface area contributed by atoms with E-state index in [9.17, 15) is 9.59 Å². The lowest BCUT2D eigenvalue weighted by Crippen LogP contribution is -2.46. The van der Waals surface area contributed by atoms with E-state index in [2.05, 4.69) is 5.32 Å². The molecule has 4 heteroatoms. The van der Waals surface area contributed by atoms with Crippen molar-refractivity contribution in [3.05, 3.63) is 35.4 Å². The van der Waals surface area contributed by atoms with Gasteiger partial charge in [-0.2, -0.15) is 0 Å². The van der Waals surface area contributed by atoms with Crippen LogP contribution in [0.3, 0.4) is 0 Å². The number of likely N-dealkylation sites (tertiary alicyclic amines) is 1. The van der Waals surface area contributed by atoms with Gasteiger partial charge in [-0.3, -0.25) is 9.59 Å². The number of carbonyl (C=O) groups is 2. The van der Waals surface area contributed by atoms with Gasteiger partial charge in [0.25, 0.3) is 0 Å². The highest BCUT2D eigenvalue weighted by Crippen LogP contribution is 2.35. The third kappa shape index (κ3) is 3.43. The van der Waals surface area contributed by atoms with Gasteiger partial charge in [-0.1, -0.05) is 36.8 Å². The first-order valence-electron chi connectivity index (χ1n) is 7.64. The lowest BCUT2D eigenvalue weighted by Gasteiger charge is -2.38. The highest BCUT2D eigenvalue weighted by molar-refractivity contribution is 5.84. The highest BCUT2D eigenvalue weighted by Gasteiger charge is 2.38. The van der Waals surface area contributed by atoms with Crippen molar-refractivity contribution in [2.75, 3.05) is 13.6 Å². The standard InChI is InChI=1S/C17H24N2O2/c1-4-11-18-17(21)14-9-10-15(20)19(3)16(14)13-7-5-12(2)6-8-13/h5-8,14,16H,4,9-11H2,1-3H3,(H,18,21)/t14-,16+/m0/s1. The van der Waals surface area contributed by atoms with E-state index >= 15 is 0 Å². The quantitative estimate of drug-likeness (QED) is 0.925. The summed E-state index contributed by atoms with van der Waals surface area (Å²) in [4.78, 5) is 26.2. The second-order valence-electron chi connectivity index (χ2n) is 5.80. The summed E-state index contributed by atoms with van der Waals surface area (Å²) in [5, 5.41) is 2.97. The predicted octanol–water partition coefficient (Wildman–Crippen LogP) is 2.43. The summed E-state index contributed by atoms with van der Waals surface area (Å²) in [5.74, 6) is 0.00356. The number of benzene rings is 1. The molecule has 1 saturated heterocycles. The number of carbonyl (C=O) groups excluding carboxylic acids is 2. The van der Waals surface area contributed by atoms with Gasteiger partial charge in [-0.05, 0) is 25.3 Å². The maximum Gasteiger partial charge on any atom is 0.225 e. The Morgan fingerprint density at radius 1 is 1.33 bits per heavy atom. The number of amides is 2. The van der Waals surface area contributed by atoms with Crippen LogP contribution in [0.1, 0.15) is 43.4 Å². The average Bonchev–Trinajstić information content (AvgIpc) is 2.48. The highest BCUT2D eigenvalue weighted by atomic mass is 16.2. The lowest BCUT2D eigenvalue weighted by molar-refractivity contribution is -0.141. The van der Waals surface area contributed by atoms with Crippen LogP contribution >= 0.6 is 0 Å². The van der Waals surface area contributed by atoms with E-state index < -0.39 is 0 Å². The van der Waals surface area contributed by atoms with E-state index in [4.69, 9.17) is 0 Å². The van der Waals surface area contributed by atoms with E-state index in [1.54, 1.807) is 11.9 Å². The van der Waals surface area contributed by atoms with Gasteiger partial charge in [0.1, 0.15) is 0 Å². The first-order valence-corrected chi connectivity index (χ1v) is 7.64. The average molecular weight is 288 g/mol.